The SMILES string of the molecule is CO[Si](C)(C)C(C)CCCCCCCCN. The molecule has 0 aromatic carbocycles. The molecule has 0 aromatic rings. The van der Waals surface area contributed by atoms with Gasteiger partial charge in [0.05, 0.1) is 0 Å². The zero-order chi connectivity index (χ0) is 12.4. The quantitative estimate of drug-likeness (QED) is 0.468. The summed E-state index contributed by atoms with van der Waals surface area (Å²) < 4.78 is 5.63. The van der Waals surface area contributed by atoms with Gasteiger partial charge in [0.25, 0.3) is 0 Å². The molecule has 1 atom stereocenters. The number of nitrogens with two attached hydrogens (primary N) is 1. The lowest BCUT2D eigenvalue weighted by molar-refractivity contribution is 0.386. The van der Waals surface area contributed by atoms with Gasteiger partial charge in [-0.05, 0) is 31.6 Å². The van der Waals surface area contributed by atoms with Crippen LogP contribution in [0.3, 0.4) is 0 Å². The molecule has 16 heavy (non-hydrogen) atoms. The van der Waals surface area contributed by atoms with Gasteiger partial charge >= 0.3 is 0 Å². The van der Waals surface area contributed by atoms with E-state index < -0.39 is 8.32 Å². The minimum Gasteiger partial charge on any atom is -0.420 e. The zero-order valence-electron chi connectivity index (χ0n) is 11.7. The first-order valence-electron chi connectivity index (χ1n) is 6.79. The molecule has 2 N–H and O–H groups in total. The van der Waals surface area contributed by atoms with E-state index >= 15 is 0 Å². The molecule has 0 saturated carbocycles. The maximum atomic E-state index is 5.63. The molecule has 0 bridgehead atoms. The third-order valence-electron chi connectivity index (χ3n) is 3.80. The molecule has 0 aromatic heterocycles. The molecule has 98 valence electrons. The first-order chi connectivity index (χ1) is 7.54. The van der Waals surface area contributed by atoms with Crippen LogP contribution in [-0.4, -0.2) is 22.0 Å². The van der Waals surface area contributed by atoms with Crippen molar-refractivity contribution in [1.82, 2.24) is 0 Å². The van der Waals surface area contributed by atoms with Crippen molar-refractivity contribution in [2.75, 3.05) is 13.7 Å². The second-order valence-corrected chi connectivity index (χ2v) is 10.0. The summed E-state index contributed by atoms with van der Waals surface area (Å²) in [5.74, 6) is 0. The fourth-order valence-corrected chi connectivity index (χ4v) is 3.15. The van der Waals surface area contributed by atoms with Gasteiger partial charge in [-0.15, -0.1) is 0 Å². The Labute approximate surface area is 103 Å². The second kappa shape index (κ2) is 9.20. The Kier molecular flexibility index (Phi) is 9.28. The van der Waals surface area contributed by atoms with E-state index in [2.05, 4.69) is 20.0 Å². The van der Waals surface area contributed by atoms with Gasteiger partial charge in [-0.3, -0.25) is 0 Å². The number of rotatable bonds is 10. The Morgan fingerprint density at radius 3 is 2.00 bits per heavy atom. The van der Waals surface area contributed by atoms with Gasteiger partial charge in [-0.2, -0.15) is 0 Å². The minimum atomic E-state index is -1.38. The van der Waals surface area contributed by atoms with Crippen LogP contribution in [0.5, 0.6) is 0 Å². The highest BCUT2D eigenvalue weighted by Gasteiger charge is 2.27. The Morgan fingerprint density at radius 1 is 1.00 bits per heavy atom. The van der Waals surface area contributed by atoms with Crippen LogP contribution in [0, 0.1) is 0 Å². The van der Waals surface area contributed by atoms with E-state index in [0.29, 0.717) is 0 Å². The van der Waals surface area contributed by atoms with Crippen molar-refractivity contribution in [1.29, 1.82) is 0 Å². The summed E-state index contributed by atoms with van der Waals surface area (Å²) in [5.41, 5.74) is 6.24. The summed E-state index contributed by atoms with van der Waals surface area (Å²) in [7, 11) is 0.492. The lowest BCUT2D eigenvalue weighted by atomic mass is 10.1. The molecule has 3 heteroatoms. The highest BCUT2D eigenvalue weighted by Crippen LogP contribution is 2.27. The van der Waals surface area contributed by atoms with Gasteiger partial charge in [0.15, 0.2) is 8.32 Å². The van der Waals surface area contributed by atoms with E-state index in [9.17, 15) is 0 Å². The fraction of sp³-hybridized carbons (Fsp3) is 1.00. The van der Waals surface area contributed by atoms with Crippen LogP contribution in [0.2, 0.25) is 18.6 Å². The van der Waals surface area contributed by atoms with Gasteiger partial charge in [-0.1, -0.05) is 45.4 Å². The summed E-state index contributed by atoms with van der Waals surface area (Å²) in [4.78, 5) is 0. The highest BCUT2D eigenvalue weighted by atomic mass is 28.4. The summed E-state index contributed by atoms with van der Waals surface area (Å²) in [5, 5.41) is 0. The van der Waals surface area contributed by atoms with E-state index in [0.717, 1.165) is 12.1 Å². The Hall–Kier alpha value is 0.137. The van der Waals surface area contributed by atoms with Crippen molar-refractivity contribution in [2.24, 2.45) is 5.73 Å². The summed E-state index contributed by atoms with van der Waals surface area (Å²) in [6.07, 6.45) is 9.32. The molecule has 1 unspecified atom stereocenters. The number of hydrogen-bond donors (Lipinski definition) is 1. The average molecular weight is 245 g/mol. The van der Waals surface area contributed by atoms with Crippen LogP contribution < -0.4 is 5.73 Å². The van der Waals surface area contributed by atoms with Crippen LogP contribution in [0.15, 0.2) is 0 Å². The number of hydrogen-bond acceptors (Lipinski definition) is 2. The molecular formula is C13H31NOSi. The minimum absolute atomic E-state index is 0.779. The zero-order valence-corrected chi connectivity index (χ0v) is 12.7. The first kappa shape index (κ1) is 16.1. The summed E-state index contributed by atoms with van der Waals surface area (Å²) in [6, 6.07) is 0. The lowest BCUT2D eigenvalue weighted by Gasteiger charge is -2.27. The van der Waals surface area contributed by atoms with Gasteiger partial charge in [-0.25, -0.2) is 0 Å². The van der Waals surface area contributed by atoms with E-state index in [1.54, 1.807) is 0 Å². The summed E-state index contributed by atoms with van der Waals surface area (Å²) >= 11 is 0. The Bertz CT molecular complexity index is 162. The van der Waals surface area contributed by atoms with Gasteiger partial charge in [0, 0.05) is 7.11 Å². The van der Waals surface area contributed by atoms with E-state index in [4.69, 9.17) is 10.2 Å². The van der Waals surface area contributed by atoms with Crippen LogP contribution in [0.1, 0.15) is 51.9 Å². The standard InChI is InChI=1S/C13H31NOSi/c1-13(16(3,4)15-2)11-9-7-5-6-8-10-12-14/h13H,5-12,14H2,1-4H3. The second-order valence-electron chi connectivity index (χ2n) is 5.41. The molecule has 0 aliphatic rings. The first-order valence-corrected chi connectivity index (χ1v) is 9.78. The molecule has 2 nitrogen and oxygen atoms in total. The average Bonchev–Trinajstić information content (AvgIpc) is 2.27. The molecule has 0 spiro atoms. The van der Waals surface area contributed by atoms with Gasteiger partial charge in [0.2, 0.25) is 0 Å². The number of unbranched alkanes of at least 4 members (excludes halogenated alkanes) is 5. The van der Waals surface area contributed by atoms with Crippen LogP contribution >= 0.6 is 0 Å². The molecule has 0 heterocycles. The largest absolute Gasteiger partial charge is 0.420 e. The van der Waals surface area contributed by atoms with Crippen molar-refractivity contribution >= 4 is 8.32 Å². The van der Waals surface area contributed by atoms with Crippen molar-refractivity contribution in [3.05, 3.63) is 0 Å². The molecular weight excluding hydrogens is 214 g/mol. The monoisotopic (exact) mass is 245 g/mol. The third-order valence-corrected chi connectivity index (χ3v) is 7.52. The Morgan fingerprint density at radius 2 is 1.50 bits per heavy atom. The normalized spacial score (nSPS) is 14.1. The van der Waals surface area contributed by atoms with Crippen molar-refractivity contribution < 1.29 is 4.43 Å². The van der Waals surface area contributed by atoms with Gasteiger partial charge < -0.3 is 10.2 Å². The van der Waals surface area contributed by atoms with E-state index in [1.165, 1.54) is 44.9 Å². The third kappa shape index (κ3) is 7.42. The van der Waals surface area contributed by atoms with Crippen molar-refractivity contribution in [3.8, 4) is 0 Å². The van der Waals surface area contributed by atoms with E-state index in [1.807, 2.05) is 7.11 Å². The fourth-order valence-electron chi connectivity index (χ4n) is 1.85. The van der Waals surface area contributed by atoms with Gasteiger partial charge in [0.1, 0.15) is 0 Å². The predicted molar refractivity (Wildman–Crippen MR) is 75.3 cm³/mol. The van der Waals surface area contributed by atoms with Crippen LogP contribution in [0.4, 0.5) is 0 Å². The molecule has 0 saturated heterocycles. The molecule has 0 radical (unpaired) electrons. The smallest absolute Gasteiger partial charge is 0.188 e. The van der Waals surface area contributed by atoms with E-state index in [-0.39, 0.29) is 0 Å². The van der Waals surface area contributed by atoms with Crippen molar-refractivity contribution in [2.45, 2.75) is 70.5 Å². The molecule has 0 aliphatic heterocycles. The molecule has 0 fully saturated rings. The predicted octanol–water partition coefficient (Wildman–Crippen LogP) is 3.92. The summed E-state index contributed by atoms with van der Waals surface area (Å²) in [6.45, 7) is 7.84. The molecule has 0 aliphatic carbocycles. The molecule has 0 amide bonds. The lowest BCUT2D eigenvalue weighted by Crippen LogP contribution is -2.33. The van der Waals surface area contributed by atoms with Crippen LogP contribution in [-0.2, 0) is 4.43 Å². The molecule has 0 rings (SSSR count). The maximum Gasteiger partial charge on any atom is 0.188 e. The Balaban J connectivity index is 3.38. The van der Waals surface area contributed by atoms with Crippen molar-refractivity contribution in [3.63, 3.8) is 0 Å². The van der Waals surface area contributed by atoms with Crippen LogP contribution in [0.25, 0.3) is 0 Å². The topological polar surface area (TPSA) is 35.2 Å². The highest BCUT2D eigenvalue weighted by molar-refractivity contribution is 6.72. The maximum absolute atomic E-state index is 5.63.